The molecule has 2 heteroatoms. The number of rotatable bonds is 10. The van der Waals surface area contributed by atoms with Gasteiger partial charge in [-0.05, 0) is 12.8 Å². The van der Waals surface area contributed by atoms with Gasteiger partial charge >= 0.3 is 0 Å². The summed E-state index contributed by atoms with van der Waals surface area (Å²) >= 11 is 0. The monoisotopic (exact) mass is 185 g/mol. The van der Waals surface area contributed by atoms with Crippen LogP contribution in [0.25, 0.3) is 0 Å². The molecule has 77 valence electrons. The van der Waals surface area contributed by atoms with Crippen LogP contribution in [0, 0.1) is 0 Å². The van der Waals surface area contributed by atoms with Crippen LogP contribution in [0.2, 0.25) is 0 Å². The molecule has 0 aromatic carbocycles. The highest BCUT2D eigenvalue weighted by molar-refractivity contribution is 4.50. The van der Waals surface area contributed by atoms with E-state index in [2.05, 4.69) is 6.58 Å². The highest BCUT2D eigenvalue weighted by atomic mass is 16.5. The Labute approximate surface area is 81.6 Å². The summed E-state index contributed by atoms with van der Waals surface area (Å²) in [6.45, 7) is 4.36. The summed E-state index contributed by atoms with van der Waals surface area (Å²) in [7, 11) is 0. The fraction of sp³-hybridized carbons (Fsp3) is 0.818. The Bertz CT molecular complexity index is 102. The van der Waals surface area contributed by atoms with Gasteiger partial charge in [-0.25, -0.2) is 5.11 Å². The van der Waals surface area contributed by atoms with Gasteiger partial charge in [0.25, 0.3) is 0 Å². The SMILES string of the molecule is C=COCCCCCCCCC[O]. The number of ether oxygens (including phenoxy) is 1. The number of hydrogen-bond donors (Lipinski definition) is 0. The van der Waals surface area contributed by atoms with Gasteiger partial charge in [0.15, 0.2) is 0 Å². The average Bonchev–Trinajstić information content (AvgIpc) is 2.16. The Hall–Kier alpha value is -0.500. The Kier molecular flexibility index (Phi) is 11.1. The maximum Gasteiger partial charge on any atom is 0.0873 e. The molecule has 0 fully saturated rings. The summed E-state index contributed by atoms with van der Waals surface area (Å²) in [5, 5.41) is 10.1. The van der Waals surface area contributed by atoms with Crippen LogP contribution >= 0.6 is 0 Å². The maximum atomic E-state index is 10.1. The van der Waals surface area contributed by atoms with Gasteiger partial charge in [-0.1, -0.05) is 38.7 Å². The van der Waals surface area contributed by atoms with Crippen LogP contribution < -0.4 is 0 Å². The quantitative estimate of drug-likeness (QED) is 0.379. The van der Waals surface area contributed by atoms with Crippen molar-refractivity contribution >= 4 is 0 Å². The standard InChI is InChI=1S/C11H21O2/c1-2-13-11-9-7-5-3-4-6-8-10-12/h2H,1,3-11H2. The van der Waals surface area contributed by atoms with E-state index >= 15 is 0 Å². The first-order chi connectivity index (χ1) is 6.41. The van der Waals surface area contributed by atoms with E-state index in [0.29, 0.717) is 0 Å². The molecule has 0 aromatic rings. The maximum absolute atomic E-state index is 10.1. The van der Waals surface area contributed by atoms with E-state index in [0.717, 1.165) is 25.9 Å². The van der Waals surface area contributed by atoms with Crippen molar-refractivity contribution in [2.75, 3.05) is 13.2 Å². The number of unbranched alkanes of at least 4 members (excludes halogenated alkanes) is 6. The lowest BCUT2D eigenvalue weighted by Gasteiger charge is -2.01. The summed E-state index contributed by atoms with van der Waals surface area (Å²) in [6.07, 6.45) is 9.53. The third-order valence-electron chi connectivity index (χ3n) is 2.02. The van der Waals surface area contributed by atoms with Crippen molar-refractivity contribution in [1.29, 1.82) is 0 Å². The minimum atomic E-state index is 0.0905. The summed E-state index contributed by atoms with van der Waals surface area (Å²) in [6, 6.07) is 0. The van der Waals surface area contributed by atoms with Gasteiger partial charge < -0.3 is 4.74 Å². The van der Waals surface area contributed by atoms with Crippen molar-refractivity contribution in [2.24, 2.45) is 0 Å². The fourth-order valence-electron chi connectivity index (χ4n) is 1.25. The van der Waals surface area contributed by atoms with E-state index in [9.17, 15) is 5.11 Å². The van der Waals surface area contributed by atoms with E-state index in [1.54, 1.807) is 0 Å². The van der Waals surface area contributed by atoms with Gasteiger partial charge in [-0.3, -0.25) is 0 Å². The molecule has 13 heavy (non-hydrogen) atoms. The molecule has 0 heterocycles. The Morgan fingerprint density at radius 2 is 1.46 bits per heavy atom. The van der Waals surface area contributed by atoms with Crippen molar-refractivity contribution in [3.05, 3.63) is 12.8 Å². The zero-order valence-electron chi connectivity index (χ0n) is 8.46. The zero-order valence-corrected chi connectivity index (χ0v) is 8.46. The summed E-state index contributed by atoms with van der Waals surface area (Å²) in [5.41, 5.74) is 0. The molecule has 0 saturated carbocycles. The lowest BCUT2D eigenvalue weighted by Crippen LogP contribution is -1.88. The second kappa shape index (κ2) is 11.5. The lowest BCUT2D eigenvalue weighted by atomic mass is 10.1. The first kappa shape index (κ1) is 12.5. The summed E-state index contributed by atoms with van der Waals surface area (Å²) < 4.78 is 5.00. The molecule has 2 nitrogen and oxygen atoms in total. The van der Waals surface area contributed by atoms with Crippen LogP contribution in [-0.2, 0) is 9.84 Å². The van der Waals surface area contributed by atoms with Gasteiger partial charge in [-0.15, -0.1) is 0 Å². The minimum absolute atomic E-state index is 0.0905. The van der Waals surface area contributed by atoms with Crippen LogP contribution in [0.5, 0.6) is 0 Å². The molecule has 0 N–H and O–H groups in total. The Morgan fingerprint density at radius 1 is 0.923 bits per heavy atom. The smallest absolute Gasteiger partial charge is 0.0873 e. The predicted octanol–water partition coefficient (Wildman–Crippen LogP) is 3.31. The first-order valence-electron chi connectivity index (χ1n) is 5.22. The normalized spacial score (nSPS) is 9.92. The average molecular weight is 185 g/mol. The second-order valence-electron chi connectivity index (χ2n) is 3.22. The molecule has 0 aliphatic carbocycles. The summed E-state index contributed by atoms with van der Waals surface area (Å²) in [4.78, 5) is 0. The molecule has 0 aromatic heterocycles. The van der Waals surface area contributed by atoms with Gasteiger partial charge in [0, 0.05) is 0 Å². The molecule has 0 aliphatic rings. The van der Waals surface area contributed by atoms with Crippen molar-refractivity contribution in [3.63, 3.8) is 0 Å². The first-order valence-corrected chi connectivity index (χ1v) is 5.22. The van der Waals surface area contributed by atoms with Gasteiger partial charge in [0.2, 0.25) is 0 Å². The van der Waals surface area contributed by atoms with Crippen molar-refractivity contribution in [2.45, 2.75) is 44.9 Å². The van der Waals surface area contributed by atoms with E-state index in [1.165, 1.54) is 31.9 Å². The van der Waals surface area contributed by atoms with Crippen molar-refractivity contribution < 1.29 is 9.84 Å². The van der Waals surface area contributed by atoms with Gasteiger partial charge in [0.05, 0.1) is 19.5 Å². The van der Waals surface area contributed by atoms with Crippen LogP contribution in [0.4, 0.5) is 0 Å². The molecular formula is C11H21O2. The molecule has 0 bridgehead atoms. The topological polar surface area (TPSA) is 29.1 Å². The zero-order chi connectivity index (χ0) is 9.78. The van der Waals surface area contributed by atoms with E-state index in [-0.39, 0.29) is 6.61 Å². The van der Waals surface area contributed by atoms with Gasteiger partial charge in [0.1, 0.15) is 0 Å². The van der Waals surface area contributed by atoms with Crippen LogP contribution in [0.3, 0.4) is 0 Å². The van der Waals surface area contributed by atoms with Crippen molar-refractivity contribution in [1.82, 2.24) is 0 Å². The van der Waals surface area contributed by atoms with E-state index < -0.39 is 0 Å². The predicted molar refractivity (Wildman–Crippen MR) is 54.0 cm³/mol. The highest BCUT2D eigenvalue weighted by Crippen LogP contribution is 2.06. The fourth-order valence-corrected chi connectivity index (χ4v) is 1.25. The van der Waals surface area contributed by atoms with Crippen LogP contribution in [0.15, 0.2) is 12.8 Å². The van der Waals surface area contributed by atoms with Crippen LogP contribution in [-0.4, -0.2) is 13.2 Å². The second-order valence-corrected chi connectivity index (χ2v) is 3.22. The Balaban J connectivity index is 2.79. The van der Waals surface area contributed by atoms with Crippen molar-refractivity contribution in [3.8, 4) is 0 Å². The van der Waals surface area contributed by atoms with E-state index in [4.69, 9.17) is 4.74 Å². The molecule has 0 amide bonds. The van der Waals surface area contributed by atoms with Gasteiger partial charge in [-0.2, -0.15) is 0 Å². The Morgan fingerprint density at radius 3 is 2.00 bits per heavy atom. The summed E-state index contributed by atoms with van der Waals surface area (Å²) in [5.74, 6) is 0. The highest BCUT2D eigenvalue weighted by Gasteiger charge is 1.91. The third-order valence-corrected chi connectivity index (χ3v) is 2.02. The molecular weight excluding hydrogens is 164 g/mol. The van der Waals surface area contributed by atoms with E-state index in [1.807, 2.05) is 0 Å². The molecule has 0 unspecified atom stereocenters. The lowest BCUT2D eigenvalue weighted by molar-refractivity contribution is 0.185. The molecule has 1 radical (unpaired) electrons. The molecule has 0 rings (SSSR count). The minimum Gasteiger partial charge on any atom is -0.502 e. The largest absolute Gasteiger partial charge is 0.502 e. The molecule has 0 aliphatic heterocycles. The third kappa shape index (κ3) is 11.5. The number of hydrogen-bond acceptors (Lipinski definition) is 1. The molecule has 0 spiro atoms. The molecule has 0 atom stereocenters. The molecule has 0 saturated heterocycles. The van der Waals surface area contributed by atoms with Crippen LogP contribution in [0.1, 0.15) is 44.9 Å².